The zero-order valence-corrected chi connectivity index (χ0v) is 10.3. The molecule has 0 radical (unpaired) electrons. The third kappa shape index (κ3) is 3.88. The van der Waals surface area contributed by atoms with Gasteiger partial charge >= 0.3 is 0 Å². The maximum atomic E-state index is 4.14. The van der Waals surface area contributed by atoms with Crippen LogP contribution in [0.15, 0.2) is 18.5 Å². The van der Waals surface area contributed by atoms with Crippen LogP contribution in [0.25, 0.3) is 0 Å². The summed E-state index contributed by atoms with van der Waals surface area (Å²) in [6.07, 6.45) is 3.74. The number of hydrogen-bond donors (Lipinski definition) is 1. The van der Waals surface area contributed by atoms with Crippen molar-refractivity contribution in [2.75, 3.05) is 19.0 Å². The second kappa shape index (κ2) is 4.62. The maximum absolute atomic E-state index is 4.14. The molecule has 1 rings (SSSR count). The molecule has 0 bridgehead atoms. The lowest BCUT2D eigenvalue weighted by atomic mass is 10.1. The van der Waals surface area contributed by atoms with Crippen LogP contribution in [0.4, 0.5) is 5.69 Å². The van der Waals surface area contributed by atoms with Gasteiger partial charge in [-0.05, 0) is 32.4 Å². The van der Waals surface area contributed by atoms with Gasteiger partial charge in [0.25, 0.3) is 0 Å². The summed E-state index contributed by atoms with van der Waals surface area (Å²) in [6.45, 7) is 7.39. The summed E-state index contributed by atoms with van der Waals surface area (Å²) in [5.74, 6) is 0. The van der Waals surface area contributed by atoms with Crippen molar-refractivity contribution in [1.29, 1.82) is 0 Å². The van der Waals surface area contributed by atoms with Crippen molar-refractivity contribution in [3.05, 3.63) is 24.0 Å². The Morgan fingerprint density at radius 1 is 1.33 bits per heavy atom. The van der Waals surface area contributed by atoms with E-state index in [-0.39, 0.29) is 5.54 Å². The Morgan fingerprint density at radius 3 is 2.53 bits per heavy atom. The van der Waals surface area contributed by atoms with Gasteiger partial charge in [-0.15, -0.1) is 0 Å². The van der Waals surface area contributed by atoms with E-state index >= 15 is 0 Å². The molecule has 15 heavy (non-hydrogen) atoms. The van der Waals surface area contributed by atoms with E-state index in [1.54, 1.807) is 0 Å². The molecule has 0 atom stereocenters. The van der Waals surface area contributed by atoms with Crippen LogP contribution in [-0.4, -0.2) is 24.6 Å². The number of rotatable bonds is 3. The summed E-state index contributed by atoms with van der Waals surface area (Å²) in [4.78, 5) is 6.23. The first-order valence-electron chi connectivity index (χ1n) is 5.25. The van der Waals surface area contributed by atoms with E-state index in [9.17, 15) is 0 Å². The lowest BCUT2D eigenvalue weighted by Gasteiger charge is -2.23. The van der Waals surface area contributed by atoms with Crippen LogP contribution >= 0.6 is 0 Å². The van der Waals surface area contributed by atoms with Crippen molar-refractivity contribution in [3.63, 3.8) is 0 Å². The van der Waals surface area contributed by atoms with Gasteiger partial charge < -0.3 is 10.2 Å². The summed E-state index contributed by atoms with van der Waals surface area (Å²) >= 11 is 0. The topological polar surface area (TPSA) is 28.2 Å². The minimum absolute atomic E-state index is 0.146. The number of nitrogens with one attached hydrogen (secondary N) is 1. The Bertz CT molecular complexity index is 313. The fourth-order valence-electron chi connectivity index (χ4n) is 1.33. The highest BCUT2D eigenvalue weighted by Gasteiger charge is 2.10. The fraction of sp³-hybridized carbons (Fsp3) is 0.583. The number of aromatic nitrogens is 1. The van der Waals surface area contributed by atoms with Gasteiger partial charge in [-0.2, -0.15) is 0 Å². The average Bonchev–Trinajstić information content (AvgIpc) is 2.14. The molecule has 0 amide bonds. The molecule has 3 nitrogen and oxygen atoms in total. The Kier molecular flexibility index (Phi) is 3.69. The first-order chi connectivity index (χ1) is 6.90. The van der Waals surface area contributed by atoms with Crippen LogP contribution in [0.3, 0.4) is 0 Å². The zero-order chi connectivity index (χ0) is 11.5. The molecule has 0 unspecified atom stereocenters. The molecule has 84 valence electrons. The second-order valence-corrected chi connectivity index (χ2v) is 5.00. The van der Waals surface area contributed by atoms with Gasteiger partial charge in [0.2, 0.25) is 0 Å². The van der Waals surface area contributed by atoms with E-state index in [0.717, 1.165) is 6.54 Å². The van der Waals surface area contributed by atoms with Gasteiger partial charge in [-0.1, -0.05) is 0 Å². The Hall–Kier alpha value is -1.09. The summed E-state index contributed by atoms with van der Waals surface area (Å²) in [6, 6.07) is 2.06. The Labute approximate surface area is 92.5 Å². The van der Waals surface area contributed by atoms with Gasteiger partial charge in [0.1, 0.15) is 0 Å². The van der Waals surface area contributed by atoms with Crippen molar-refractivity contribution < 1.29 is 0 Å². The van der Waals surface area contributed by atoms with Gasteiger partial charge in [-0.3, -0.25) is 4.98 Å². The van der Waals surface area contributed by atoms with Crippen LogP contribution in [-0.2, 0) is 6.54 Å². The van der Waals surface area contributed by atoms with Crippen molar-refractivity contribution in [3.8, 4) is 0 Å². The van der Waals surface area contributed by atoms with Crippen molar-refractivity contribution in [2.45, 2.75) is 32.9 Å². The quantitative estimate of drug-likeness (QED) is 0.822. The van der Waals surface area contributed by atoms with E-state index < -0.39 is 0 Å². The minimum atomic E-state index is 0.146. The summed E-state index contributed by atoms with van der Waals surface area (Å²) in [5, 5.41) is 3.48. The molecule has 1 aromatic heterocycles. The van der Waals surface area contributed by atoms with Crippen LogP contribution < -0.4 is 10.2 Å². The molecule has 0 fully saturated rings. The molecule has 0 saturated heterocycles. The van der Waals surface area contributed by atoms with Gasteiger partial charge in [-0.25, -0.2) is 0 Å². The average molecular weight is 207 g/mol. The van der Waals surface area contributed by atoms with Crippen LogP contribution in [0.5, 0.6) is 0 Å². The molecular weight excluding hydrogens is 186 g/mol. The highest BCUT2D eigenvalue weighted by molar-refractivity contribution is 5.50. The molecule has 0 aromatic carbocycles. The number of nitrogens with zero attached hydrogens (tertiary/aromatic N) is 2. The van der Waals surface area contributed by atoms with Gasteiger partial charge in [0, 0.05) is 32.4 Å². The fourth-order valence-corrected chi connectivity index (χ4v) is 1.33. The SMILES string of the molecule is CN(C)c1cnccc1CNC(C)(C)C. The summed E-state index contributed by atoms with van der Waals surface area (Å²) in [5.41, 5.74) is 2.60. The zero-order valence-electron chi connectivity index (χ0n) is 10.3. The number of pyridine rings is 1. The third-order valence-corrected chi connectivity index (χ3v) is 2.18. The number of hydrogen-bond acceptors (Lipinski definition) is 3. The molecule has 0 spiro atoms. The molecule has 0 aliphatic rings. The third-order valence-electron chi connectivity index (χ3n) is 2.18. The first kappa shape index (κ1) is 12.0. The summed E-state index contributed by atoms with van der Waals surface area (Å²) in [7, 11) is 4.08. The molecule has 0 saturated carbocycles. The van der Waals surface area contributed by atoms with Crippen molar-refractivity contribution >= 4 is 5.69 Å². The second-order valence-electron chi connectivity index (χ2n) is 5.00. The van der Waals surface area contributed by atoms with Crippen LogP contribution in [0.1, 0.15) is 26.3 Å². The van der Waals surface area contributed by atoms with E-state index in [1.807, 2.05) is 26.5 Å². The normalized spacial score (nSPS) is 11.5. The highest BCUT2D eigenvalue weighted by atomic mass is 15.1. The van der Waals surface area contributed by atoms with E-state index in [0.29, 0.717) is 0 Å². The Balaban J connectivity index is 2.76. The molecule has 1 heterocycles. The molecule has 0 aliphatic heterocycles. The van der Waals surface area contributed by atoms with Crippen LogP contribution in [0.2, 0.25) is 0 Å². The molecular formula is C12H21N3. The monoisotopic (exact) mass is 207 g/mol. The maximum Gasteiger partial charge on any atom is 0.0593 e. The predicted molar refractivity (Wildman–Crippen MR) is 65.2 cm³/mol. The Morgan fingerprint density at radius 2 is 2.00 bits per heavy atom. The predicted octanol–water partition coefficient (Wildman–Crippen LogP) is 2.04. The molecule has 1 N–H and O–H groups in total. The van der Waals surface area contributed by atoms with E-state index in [2.05, 4.69) is 42.0 Å². The largest absolute Gasteiger partial charge is 0.376 e. The van der Waals surface area contributed by atoms with E-state index in [1.165, 1.54) is 11.3 Å². The first-order valence-corrected chi connectivity index (χ1v) is 5.25. The molecule has 0 aliphatic carbocycles. The number of anilines is 1. The lowest BCUT2D eigenvalue weighted by Crippen LogP contribution is -2.35. The smallest absolute Gasteiger partial charge is 0.0593 e. The molecule has 1 aromatic rings. The van der Waals surface area contributed by atoms with Gasteiger partial charge in [0.15, 0.2) is 0 Å². The minimum Gasteiger partial charge on any atom is -0.376 e. The van der Waals surface area contributed by atoms with Crippen LogP contribution in [0, 0.1) is 0 Å². The van der Waals surface area contributed by atoms with Crippen molar-refractivity contribution in [2.24, 2.45) is 0 Å². The standard InChI is InChI=1S/C12H21N3/c1-12(2,3)14-8-10-6-7-13-9-11(10)15(4)5/h6-7,9,14H,8H2,1-5H3. The molecule has 3 heteroatoms. The van der Waals surface area contributed by atoms with E-state index in [4.69, 9.17) is 0 Å². The van der Waals surface area contributed by atoms with Gasteiger partial charge in [0.05, 0.1) is 11.9 Å². The highest BCUT2D eigenvalue weighted by Crippen LogP contribution is 2.16. The summed E-state index contributed by atoms with van der Waals surface area (Å²) < 4.78 is 0. The lowest BCUT2D eigenvalue weighted by molar-refractivity contribution is 0.424. The van der Waals surface area contributed by atoms with Crippen molar-refractivity contribution in [1.82, 2.24) is 10.3 Å².